The minimum atomic E-state index is -0.348. The van der Waals surface area contributed by atoms with E-state index in [9.17, 15) is 4.39 Å². The standard InChI is InChI=1S/C14H11ClFNO/c15-10-6-4-9(5-7-10)13-8-17-12-3-1-2-11(16)14(12)18-13/h1-7,13,17H,8H2. The lowest BCUT2D eigenvalue weighted by atomic mass is 10.1. The van der Waals surface area contributed by atoms with Crippen LogP contribution < -0.4 is 10.1 Å². The number of hydrogen-bond acceptors (Lipinski definition) is 2. The normalized spacial score (nSPS) is 17.6. The lowest BCUT2D eigenvalue weighted by molar-refractivity contribution is 0.200. The van der Waals surface area contributed by atoms with Crippen LogP contribution in [0.5, 0.6) is 5.75 Å². The largest absolute Gasteiger partial charge is 0.479 e. The van der Waals surface area contributed by atoms with Crippen LogP contribution in [0.4, 0.5) is 10.1 Å². The molecule has 0 saturated carbocycles. The molecule has 1 N–H and O–H groups in total. The van der Waals surface area contributed by atoms with Crippen molar-refractivity contribution in [1.82, 2.24) is 0 Å². The van der Waals surface area contributed by atoms with Crippen LogP contribution in [-0.2, 0) is 0 Å². The molecule has 4 heteroatoms. The Morgan fingerprint density at radius 1 is 1.17 bits per heavy atom. The lowest BCUT2D eigenvalue weighted by Gasteiger charge is -2.27. The molecule has 1 aliphatic heterocycles. The van der Waals surface area contributed by atoms with Gasteiger partial charge in [-0.3, -0.25) is 0 Å². The fraction of sp³-hybridized carbons (Fsp3) is 0.143. The average molecular weight is 264 g/mol. The molecule has 18 heavy (non-hydrogen) atoms. The highest BCUT2D eigenvalue weighted by Crippen LogP contribution is 2.36. The number of ether oxygens (including phenoxy) is 1. The van der Waals surface area contributed by atoms with Crippen molar-refractivity contribution < 1.29 is 9.13 Å². The second-order valence-electron chi connectivity index (χ2n) is 4.16. The van der Waals surface area contributed by atoms with Gasteiger partial charge in [0.25, 0.3) is 0 Å². The number of para-hydroxylation sites is 1. The molecular formula is C14H11ClFNO. The number of halogens is 2. The molecule has 92 valence electrons. The maximum Gasteiger partial charge on any atom is 0.179 e. The summed E-state index contributed by atoms with van der Waals surface area (Å²) in [4.78, 5) is 0. The summed E-state index contributed by atoms with van der Waals surface area (Å²) in [6.45, 7) is 0.609. The molecule has 1 unspecified atom stereocenters. The molecule has 3 rings (SSSR count). The Kier molecular flexibility index (Phi) is 2.84. The number of nitrogens with one attached hydrogen (secondary N) is 1. The molecule has 0 fully saturated rings. The summed E-state index contributed by atoms with van der Waals surface area (Å²) in [5.41, 5.74) is 1.67. The predicted molar refractivity (Wildman–Crippen MR) is 69.7 cm³/mol. The Balaban J connectivity index is 1.90. The Hall–Kier alpha value is -1.74. The third kappa shape index (κ3) is 2.02. The van der Waals surface area contributed by atoms with Gasteiger partial charge in [-0.05, 0) is 29.8 Å². The molecule has 0 aromatic heterocycles. The molecule has 0 amide bonds. The zero-order valence-corrected chi connectivity index (χ0v) is 10.2. The van der Waals surface area contributed by atoms with Gasteiger partial charge in [0.05, 0.1) is 12.2 Å². The SMILES string of the molecule is Fc1cccc2c1OC(c1ccc(Cl)cc1)CN2. The number of fused-ring (bicyclic) bond motifs is 1. The van der Waals surface area contributed by atoms with E-state index in [0.717, 1.165) is 5.56 Å². The van der Waals surface area contributed by atoms with E-state index >= 15 is 0 Å². The van der Waals surface area contributed by atoms with Gasteiger partial charge in [0.15, 0.2) is 11.6 Å². The van der Waals surface area contributed by atoms with Gasteiger partial charge in [0.1, 0.15) is 6.10 Å². The second-order valence-corrected chi connectivity index (χ2v) is 4.59. The first-order chi connectivity index (χ1) is 8.74. The Bertz CT molecular complexity index is 571. The predicted octanol–water partition coefficient (Wildman–Crippen LogP) is 4.02. The molecule has 0 radical (unpaired) electrons. The molecule has 1 heterocycles. The maximum absolute atomic E-state index is 13.6. The van der Waals surface area contributed by atoms with Gasteiger partial charge < -0.3 is 10.1 Å². The summed E-state index contributed by atoms with van der Waals surface area (Å²) in [5.74, 6) is -0.0673. The molecule has 2 nitrogen and oxygen atoms in total. The second kappa shape index (κ2) is 4.50. The average Bonchev–Trinajstić information content (AvgIpc) is 2.40. The highest BCUT2D eigenvalue weighted by molar-refractivity contribution is 6.30. The van der Waals surface area contributed by atoms with Crippen molar-refractivity contribution >= 4 is 17.3 Å². The number of benzene rings is 2. The van der Waals surface area contributed by atoms with Crippen molar-refractivity contribution in [3.05, 3.63) is 58.9 Å². The van der Waals surface area contributed by atoms with Gasteiger partial charge in [-0.1, -0.05) is 29.8 Å². The van der Waals surface area contributed by atoms with E-state index in [-0.39, 0.29) is 17.7 Å². The van der Waals surface area contributed by atoms with Crippen molar-refractivity contribution in [2.45, 2.75) is 6.10 Å². The Morgan fingerprint density at radius 3 is 2.72 bits per heavy atom. The summed E-state index contributed by atoms with van der Waals surface area (Å²) < 4.78 is 19.3. The van der Waals surface area contributed by atoms with E-state index in [1.165, 1.54) is 6.07 Å². The zero-order valence-electron chi connectivity index (χ0n) is 9.49. The fourth-order valence-corrected chi connectivity index (χ4v) is 2.14. The first kappa shape index (κ1) is 11.4. The molecule has 2 aromatic carbocycles. The third-order valence-electron chi connectivity index (χ3n) is 2.95. The fourth-order valence-electron chi connectivity index (χ4n) is 2.02. The Morgan fingerprint density at radius 2 is 1.94 bits per heavy atom. The molecule has 2 aromatic rings. The van der Waals surface area contributed by atoms with Crippen LogP contribution in [0.1, 0.15) is 11.7 Å². The smallest absolute Gasteiger partial charge is 0.179 e. The van der Waals surface area contributed by atoms with E-state index in [1.807, 2.05) is 12.1 Å². The first-order valence-corrected chi connectivity index (χ1v) is 6.06. The molecule has 0 saturated heterocycles. The van der Waals surface area contributed by atoms with E-state index < -0.39 is 0 Å². The van der Waals surface area contributed by atoms with Crippen LogP contribution in [0.15, 0.2) is 42.5 Å². The molecule has 1 atom stereocenters. The van der Waals surface area contributed by atoms with Gasteiger partial charge in [-0.25, -0.2) is 4.39 Å². The van der Waals surface area contributed by atoms with Crippen molar-refractivity contribution in [3.63, 3.8) is 0 Å². The van der Waals surface area contributed by atoms with Crippen LogP contribution in [-0.4, -0.2) is 6.54 Å². The van der Waals surface area contributed by atoms with E-state index in [1.54, 1.807) is 24.3 Å². The van der Waals surface area contributed by atoms with Gasteiger partial charge >= 0.3 is 0 Å². The van der Waals surface area contributed by atoms with Crippen molar-refractivity contribution in [1.29, 1.82) is 0 Å². The van der Waals surface area contributed by atoms with Gasteiger partial charge in [0, 0.05) is 5.02 Å². The summed E-state index contributed by atoms with van der Waals surface area (Å²) in [6, 6.07) is 12.2. The van der Waals surface area contributed by atoms with Crippen molar-refractivity contribution in [2.24, 2.45) is 0 Å². The lowest BCUT2D eigenvalue weighted by Crippen LogP contribution is -2.24. The van der Waals surface area contributed by atoms with Gasteiger partial charge in [-0.15, -0.1) is 0 Å². The highest BCUT2D eigenvalue weighted by atomic mass is 35.5. The molecule has 0 aliphatic carbocycles. The van der Waals surface area contributed by atoms with E-state index in [0.29, 0.717) is 17.3 Å². The summed E-state index contributed by atoms with van der Waals surface area (Å²) in [5, 5.41) is 3.84. The van der Waals surface area contributed by atoms with Crippen LogP contribution >= 0.6 is 11.6 Å². The van der Waals surface area contributed by atoms with Crippen LogP contribution in [0.3, 0.4) is 0 Å². The Labute approximate surface area is 109 Å². The number of hydrogen-bond donors (Lipinski definition) is 1. The van der Waals surface area contributed by atoms with Crippen LogP contribution in [0, 0.1) is 5.82 Å². The summed E-state index contributed by atoms with van der Waals surface area (Å²) >= 11 is 5.84. The van der Waals surface area contributed by atoms with Crippen molar-refractivity contribution in [3.8, 4) is 5.75 Å². The minimum absolute atomic E-state index is 0.202. The van der Waals surface area contributed by atoms with E-state index in [2.05, 4.69) is 5.32 Å². The van der Waals surface area contributed by atoms with Crippen LogP contribution in [0.25, 0.3) is 0 Å². The zero-order chi connectivity index (χ0) is 12.5. The topological polar surface area (TPSA) is 21.3 Å². The van der Waals surface area contributed by atoms with Crippen LogP contribution in [0.2, 0.25) is 5.02 Å². The maximum atomic E-state index is 13.6. The molecule has 0 bridgehead atoms. The third-order valence-corrected chi connectivity index (χ3v) is 3.20. The molecule has 0 spiro atoms. The quantitative estimate of drug-likeness (QED) is 0.839. The number of rotatable bonds is 1. The highest BCUT2D eigenvalue weighted by Gasteiger charge is 2.23. The van der Waals surface area contributed by atoms with Gasteiger partial charge in [0.2, 0.25) is 0 Å². The summed E-state index contributed by atoms with van der Waals surface area (Å²) in [6.07, 6.45) is -0.202. The first-order valence-electron chi connectivity index (χ1n) is 5.68. The summed E-state index contributed by atoms with van der Waals surface area (Å²) in [7, 11) is 0. The van der Waals surface area contributed by atoms with E-state index in [4.69, 9.17) is 16.3 Å². The van der Waals surface area contributed by atoms with Gasteiger partial charge in [-0.2, -0.15) is 0 Å². The monoisotopic (exact) mass is 263 g/mol. The molecule has 1 aliphatic rings. The number of anilines is 1. The van der Waals surface area contributed by atoms with Crippen molar-refractivity contribution in [2.75, 3.05) is 11.9 Å². The minimum Gasteiger partial charge on any atom is -0.479 e. The molecular weight excluding hydrogens is 253 g/mol.